The van der Waals surface area contributed by atoms with E-state index in [9.17, 15) is 0 Å². The van der Waals surface area contributed by atoms with Crippen LogP contribution in [0.1, 0.15) is 37.6 Å². The molecule has 1 saturated heterocycles. The minimum absolute atomic E-state index is 0.319. The highest BCUT2D eigenvalue weighted by atomic mass is 16.5. The van der Waals surface area contributed by atoms with Crippen LogP contribution in [0.4, 0.5) is 11.6 Å². The molecule has 1 aromatic rings. The third-order valence-corrected chi connectivity index (χ3v) is 3.68. The summed E-state index contributed by atoms with van der Waals surface area (Å²) in [7, 11) is 4.00. The van der Waals surface area contributed by atoms with Gasteiger partial charge in [-0.3, -0.25) is 0 Å². The Kier molecular flexibility index (Phi) is 4.24. The van der Waals surface area contributed by atoms with Crippen LogP contribution in [0.3, 0.4) is 0 Å². The number of anilines is 2. The zero-order valence-electron chi connectivity index (χ0n) is 12.5. The average Bonchev–Trinajstić information content (AvgIpc) is 2.91. The van der Waals surface area contributed by atoms with Crippen LogP contribution in [0.5, 0.6) is 0 Å². The molecule has 0 radical (unpaired) electrons. The molecule has 1 fully saturated rings. The third-order valence-electron chi connectivity index (χ3n) is 3.68. The first-order chi connectivity index (χ1) is 9.04. The average molecular weight is 264 g/mol. The second-order valence-corrected chi connectivity index (χ2v) is 5.41. The van der Waals surface area contributed by atoms with Gasteiger partial charge in [-0.1, -0.05) is 13.8 Å². The monoisotopic (exact) mass is 264 g/mol. The Balaban J connectivity index is 2.39. The highest BCUT2D eigenvalue weighted by molar-refractivity contribution is 5.58. The molecule has 1 aromatic heterocycles. The fraction of sp³-hybridized carbons (Fsp3) is 0.714. The summed E-state index contributed by atoms with van der Waals surface area (Å²) >= 11 is 0. The fourth-order valence-electron chi connectivity index (χ4n) is 2.37. The lowest BCUT2D eigenvalue weighted by molar-refractivity contribution is 0.193. The highest BCUT2D eigenvalue weighted by Crippen LogP contribution is 2.27. The molecule has 0 saturated carbocycles. The SMILES string of the molecule is CNc1nc(C(C)C)nc(N(C)C2CCOC2)c1C. The molecule has 5 nitrogen and oxygen atoms in total. The Morgan fingerprint density at radius 3 is 2.63 bits per heavy atom. The van der Waals surface area contributed by atoms with E-state index in [0.29, 0.717) is 12.0 Å². The second kappa shape index (κ2) is 5.74. The van der Waals surface area contributed by atoms with E-state index in [1.165, 1.54) is 0 Å². The summed E-state index contributed by atoms with van der Waals surface area (Å²) in [5.41, 5.74) is 1.10. The van der Waals surface area contributed by atoms with Gasteiger partial charge in [0.25, 0.3) is 0 Å². The van der Waals surface area contributed by atoms with E-state index in [4.69, 9.17) is 9.72 Å². The lowest BCUT2D eigenvalue weighted by Gasteiger charge is -2.27. The molecule has 19 heavy (non-hydrogen) atoms. The normalized spacial score (nSPS) is 18.9. The summed E-state index contributed by atoms with van der Waals surface area (Å²) in [6, 6.07) is 0.415. The van der Waals surface area contributed by atoms with Crippen molar-refractivity contribution in [2.45, 2.75) is 39.2 Å². The molecular weight excluding hydrogens is 240 g/mol. The smallest absolute Gasteiger partial charge is 0.137 e. The molecule has 1 atom stereocenters. The zero-order valence-corrected chi connectivity index (χ0v) is 12.5. The maximum atomic E-state index is 5.47. The summed E-state index contributed by atoms with van der Waals surface area (Å²) in [4.78, 5) is 11.6. The first-order valence-electron chi connectivity index (χ1n) is 6.91. The van der Waals surface area contributed by atoms with Gasteiger partial charge in [0.1, 0.15) is 17.5 Å². The van der Waals surface area contributed by atoms with Crippen molar-refractivity contribution in [2.24, 2.45) is 0 Å². The summed E-state index contributed by atoms with van der Waals surface area (Å²) in [5, 5.41) is 3.17. The van der Waals surface area contributed by atoms with Crippen LogP contribution in [-0.4, -0.2) is 43.3 Å². The largest absolute Gasteiger partial charge is 0.379 e. The first-order valence-corrected chi connectivity index (χ1v) is 6.91. The molecule has 5 heteroatoms. The van der Waals surface area contributed by atoms with Crippen molar-refractivity contribution < 1.29 is 4.74 Å². The van der Waals surface area contributed by atoms with Crippen molar-refractivity contribution in [1.29, 1.82) is 0 Å². The quantitative estimate of drug-likeness (QED) is 0.903. The second-order valence-electron chi connectivity index (χ2n) is 5.41. The number of hydrogen-bond donors (Lipinski definition) is 1. The minimum atomic E-state index is 0.319. The molecule has 1 unspecified atom stereocenters. The van der Waals surface area contributed by atoms with Gasteiger partial charge in [-0.15, -0.1) is 0 Å². The Morgan fingerprint density at radius 1 is 1.37 bits per heavy atom. The van der Waals surface area contributed by atoms with E-state index in [-0.39, 0.29) is 0 Å². The first kappa shape index (κ1) is 14.1. The summed E-state index contributed by atoms with van der Waals surface area (Å²) in [6.45, 7) is 7.93. The molecule has 0 amide bonds. The van der Waals surface area contributed by atoms with Crippen molar-refractivity contribution in [3.8, 4) is 0 Å². The molecule has 1 aliphatic heterocycles. The molecule has 0 aliphatic carbocycles. The summed E-state index contributed by atoms with van der Waals surface area (Å²) < 4.78 is 5.47. The van der Waals surface area contributed by atoms with Crippen molar-refractivity contribution in [3.05, 3.63) is 11.4 Å². The van der Waals surface area contributed by atoms with Crippen molar-refractivity contribution in [1.82, 2.24) is 9.97 Å². The van der Waals surface area contributed by atoms with Gasteiger partial charge < -0.3 is 15.0 Å². The number of nitrogens with zero attached hydrogens (tertiary/aromatic N) is 3. The number of hydrogen-bond acceptors (Lipinski definition) is 5. The molecular formula is C14H24N4O. The van der Waals surface area contributed by atoms with E-state index in [2.05, 4.69) is 43.0 Å². The Bertz CT molecular complexity index is 441. The third kappa shape index (κ3) is 2.81. The van der Waals surface area contributed by atoms with Crippen LogP contribution < -0.4 is 10.2 Å². The van der Waals surface area contributed by atoms with Crippen LogP contribution in [0.25, 0.3) is 0 Å². The number of aromatic nitrogens is 2. The molecule has 0 spiro atoms. The van der Waals surface area contributed by atoms with Gasteiger partial charge in [0.2, 0.25) is 0 Å². The maximum Gasteiger partial charge on any atom is 0.137 e. The number of likely N-dealkylation sites (N-methyl/N-ethyl adjacent to an activating group) is 1. The van der Waals surface area contributed by atoms with Gasteiger partial charge >= 0.3 is 0 Å². The molecule has 0 bridgehead atoms. The van der Waals surface area contributed by atoms with E-state index in [1.54, 1.807) is 0 Å². The molecule has 2 heterocycles. The van der Waals surface area contributed by atoms with Gasteiger partial charge in [0, 0.05) is 32.2 Å². The Morgan fingerprint density at radius 2 is 2.11 bits per heavy atom. The van der Waals surface area contributed by atoms with Crippen LogP contribution in [-0.2, 0) is 4.74 Å². The molecule has 1 aliphatic rings. The highest BCUT2D eigenvalue weighted by Gasteiger charge is 2.24. The predicted molar refractivity (Wildman–Crippen MR) is 78.0 cm³/mol. The standard InChI is InChI=1S/C14H24N4O/c1-9(2)12-16-13(15-4)10(3)14(17-12)18(5)11-6-7-19-8-11/h9,11H,6-8H2,1-5H3,(H,15,16,17). The van der Waals surface area contributed by atoms with Crippen molar-refractivity contribution >= 4 is 11.6 Å². The van der Waals surface area contributed by atoms with E-state index in [0.717, 1.165) is 42.7 Å². The van der Waals surface area contributed by atoms with Gasteiger partial charge in [-0.05, 0) is 13.3 Å². The van der Waals surface area contributed by atoms with E-state index < -0.39 is 0 Å². The molecule has 1 N–H and O–H groups in total. The van der Waals surface area contributed by atoms with E-state index in [1.807, 2.05) is 7.05 Å². The Labute approximate surface area is 115 Å². The maximum absolute atomic E-state index is 5.47. The number of nitrogens with one attached hydrogen (secondary N) is 1. The topological polar surface area (TPSA) is 50.3 Å². The van der Waals surface area contributed by atoms with E-state index >= 15 is 0 Å². The van der Waals surface area contributed by atoms with Crippen LogP contribution >= 0.6 is 0 Å². The number of ether oxygens (including phenoxy) is 1. The van der Waals surface area contributed by atoms with Crippen LogP contribution in [0.15, 0.2) is 0 Å². The fourth-order valence-corrected chi connectivity index (χ4v) is 2.37. The minimum Gasteiger partial charge on any atom is -0.379 e. The molecule has 2 rings (SSSR count). The van der Waals surface area contributed by atoms with Gasteiger partial charge in [0.05, 0.1) is 12.6 Å². The van der Waals surface area contributed by atoms with Crippen LogP contribution in [0.2, 0.25) is 0 Å². The lowest BCUT2D eigenvalue weighted by atomic mass is 10.1. The van der Waals surface area contributed by atoms with Gasteiger partial charge in [-0.2, -0.15) is 0 Å². The molecule has 106 valence electrons. The predicted octanol–water partition coefficient (Wildman–Crippen LogP) is 2.18. The number of rotatable bonds is 4. The Hall–Kier alpha value is -1.36. The lowest BCUT2D eigenvalue weighted by Crippen LogP contribution is -2.33. The van der Waals surface area contributed by atoms with Gasteiger partial charge in [0.15, 0.2) is 0 Å². The summed E-state index contributed by atoms with van der Waals surface area (Å²) in [5.74, 6) is 3.13. The zero-order chi connectivity index (χ0) is 14.0. The molecule has 0 aromatic carbocycles. The van der Waals surface area contributed by atoms with Crippen LogP contribution in [0, 0.1) is 6.92 Å². The van der Waals surface area contributed by atoms with Crippen molar-refractivity contribution in [3.63, 3.8) is 0 Å². The van der Waals surface area contributed by atoms with Gasteiger partial charge in [-0.25, -0.2) is 9.97 Å². The summed E-state index contributed by atoms with van der Waals surface area (Å²) in [6.07, 6.45) is 1.06. The van der Waals surface area contributed by atoms with Crippen molar-refractivity contribution in [2.75, 3.05) is 37.5 Å².